The number of benzene rings is 1. The van der Waals surface area contributed by atoms with Crippen molar-refractivity contribution in [2.75, 3.05) is 33.2 Å². The second kappa shape index (κ2) is 6.79. The summed E-state index contributed by atoms with van der Waals surface area (Å²) in [6.07, 6.45) is 5.08. The molecule has 4 heteroatoms. The fourth-order valence-corrected chi connectivity index (χ4v) is 4.36. The minimum absolute atomic E-state index is 0.211. The molecule has 4 rings (SSSR count). The van der Waals surface area contributed by atoms with Crippen molar-refractivity contribution in [1.29, 1.82) is 0 Å². The van der Waals surface area contributed by atoms with Gasteiger partial charge in [0.1, 0.15) is 0 Å². The van der Waals surface area contributed by atoms with Gasteiger partial charge in [-0.05, 0) is 57.1 Å². The number of fused-ring (bicyclic) bond motifs is 1. The average molecular weight is 325 g/mol. The summed E-state index contributed by atoms with van der Waals surface area (Å²) in [5, 5.41) is 11.8. The van der Waals surface area contributed by atoms with Crippen LogP contribution in [0.15, 0.2) is 36.5 Å². The molecule has 0 spiro atoms. The first-order valence-electron chi connectivity index (χ1n) is 9.14. The molecule has 1 aromatic carbocycles. The van der Waals surface area contributed by atoms with Crippen molar-refractivity contribution in [2.45, 2.75) is 31.4 Å². The number of para-hydroxylation sites is 1. The van der Waals surface area contributed by atoms with Gasteiger partial charge in [-0.1, -0.05) is 18.2 Å². The molecule has 2 aliphatic heterocycles. The van der Waals surface area contributed by atoms with Gasteiger partial charge in [0, 0.05) is 36.6 Å². The molecule has 4 nitrogen and oxygen atoms in total. The number of aliphatic hydroxyl groups is 1. The third-order valence-electron chi connectivity index (χ3n) is 5.86. The molecule has 0 unspecified atom stereocenters. The van der Waals surface area contributed by atoms with Crippen LogP contribution in [0, 0.1) is 5.92 Å². The molecule has 3 heterocycles. The molecular formula is C20H27N3O. The lowest BCUT2D eigenvalue weighted by molar-refractivity contribution is 0.115. The van der Waals surface area contributed by atoms with E-state index in [0.29, 0.717) is 12.0 Å². The first-order valence-corrected chi connectivity index (χ1v) is 9.14. The van der Waals surface area contributed by atoms with E-state index in [1.54, 1.807) is 0 Å². The number of nitrogens with zero attached hydrogens (tertiary/aromatic N) is 3. The lowest BCUT2D eigenvalue weighted by Crippen LogP contribution is -2.43. The van der Waals surface area contributed by atoms with E-state index in [-0.39, 0.29) is 6.10 Å². The fraction of sp³-hybridized carbons (Fsp3) is 0.550. The van der Waals surface area contributed by atoms with E-state index in [1.807, 2.05) is 12.3 Å². The Balaban J connectivity index is 1.47. The van der Waals surface area contributed by atoms with E-state index in [2.05, 4.69) is 46.1 Å². The molecule has 0 bridgehead atoms. The zero-order chi connectivity index (χ0) is 16.5. The van der Waals surface area contributed by atoms with Gasteiger partial charge >= 0.3 is 0 Å². The van der Waals surface area contributed by atoms with Gasteiger partial charge in [-0.15, -0.1) is 0 Å². The summed E-state index contributed by atoms with van der Waals surface area (Å²) in [7, 11) is 2.20. The van der Waals surface area contributed by atoms with E-state index in [9.17, 15) is 5.11 Å². The number of β-amino-alcohol motifs (C(OH)–C–C–N with tert-alkyl or cyclic N) is 1. The Morgan fingerprint density at radius 1 is 1.12 bits per heavy atom. The second-order valence-electron chi connectivity index (χ2n) is 7.51. The summed E-state index contributed by atoms with van der Waals surface area (Å²) in [4.78, 5) is 9.39. The van der Waals surface area contributed by atoms with Crippen molar-refractivity contribution in [1.82, 2.24) is 14.8 Å². The third-order valence-corrected chi connectivity index (χ3v) is 5.86. The summed E-state index contributed by atoms with van der Waals surface area (Å²) >= 11 is 0. The number of likely N-dealkylation sites (tertiary alicyclic amines) is 2. The number of aromatic nitrogens is 1. The highest BCUT2D eigenvalue weighted by molar-refractivity contribution is 5.81. The normalized spacial score (nSPS) is 27.1. The number of aliphatic hydroxyl groups excluding tert-OH is 1. The first-order chi connectivity index (χ1) is 11.7. The largest absolute Gasteiger partial charge is 0.391 e. The van der Waals surface area contributed by atoms with Crippen molar-refractivity contribution in [3.8, 4) is 0 Å². The first kappa shape index (κ1) is 16.0. The molecule has 2 atom stereocenters. The monoisotopic (exact) mass is 325 g/mol. The predicted octanol–water partition coefficient (Wildman–Crippen LogP) is 2.16. The molecule has 0 saturated carbocycles. The van der Waals surface area contributed by atoms with Crippen molar-refractivity contribution in [3.05, 3.63) is 42.1 Å². The van der Waals surface area contributed by atoms with Gasteiger partial charge in [-0.2, -0.15) is 0 Å². The molecule has 128 valence electrons. The highest BCUT2D eigenvalue weighted by Gasteiger charge is 2.36. The van der Waals surface area contributed by atoms with Gasteiger partial charge < -0.3 is 10.0 Å². The lowest BCUT2D eigenvalue weighted by atomic mass is 9.94. The standard InChI is InChI=1S/C20H27N3O/c1-22-10-7-17(8-11-22)23-13-16(20(24)14-23)12-15-6-9-21-19-5-3-2-4-18(15)19/h2-6,9,16-17,20,24H,7-8,10-14H2,1H3/t16-,20-/m1/s1. The van der Waals surface area contributed by atoms with Crippen LogP contribution in [-0.2, 0) is 6.42 Å². The average Bonchev–Trinajstić information content (AvgIpc) is 2.97. The highest BCUT2D eigenvalue weighted by Crippen LogP contribution is 2.28. The maximum Gasteiger partial charge on any atom is 0.0710 e. The maximum atomic E-state index is 10.6. The Labute approximate surface area is 144 Å². The quantitative estimate of drug-likeness (QED) is 0.939. The maximum absolute atomic E-state index is 10.6. The van der Waals surface area contributed by atoms with Crippen LogP contribution in [0.25, 0.3) is 10.9 Å². The van der Waals surface area contributed by atoms with Crippen LogP contribution in [0.2, 0.25) is 0 Å². The molecule has 1 N–H and O–H groups in total. The molecule has 0 radical (unpaired) electrons. The van der Waals surface area contributed by atoms with Gasteiger partial charge in [0.15, 0.2) is 0 Å². The molecule has 24 heavy (non-hydrogen) atoms. The Kier molecular flexibility index (Phi) is 4.53. The summed E-state index contributed by atoms with van der Waals surface area (Å²) < 4.78 is 0. The van der Waals surface area contributed by atoms with Gasteiger partial charge in [-0.3, -0.25) is 9.88 Å². The van der Waals surface area contributed by atoms with E-state index < -0.39 is 0 Å². The van der Waals surface area contributed by atoms with Gasteiger partial charge in [-0.25, -0.2) is 0 Å². The number of hydrogen-bond acceptors (Lipinski definition) is 4. The smallest absolute Gasteiger partial charge is 0.0710 e. The highest BCUT2D eigenvalue weighted by atomic mass is 16.3. The molecule has 2 aromatic rings. The van der Waals surface area contributed by atoms with E-state index in [0.717, 1.165) is 25.0 Å². The van der Waals surface area contributed by atoms with E-state index >= 15 is 0 Å². The minimum atomic E-state index is -0.211. The van der Waals surface area contributed by atoms with E-state index in [4.69, 9.17) is 0 Å². The Bertz CT molecular complexity index is 691. The van der Waals surface area contributed by atoms with Gasteiger partial charge in [0.25, 0.3) is 0 Å². The van der Waals surface area contributed by atoms with Crippen LogP contribution >= 0.6 is 0 Å². The molecule has 0 amide bonds. The molecule has 2 aliphatic rings. The summed E-state index contributed by atoms with van der Waals surface area (Å²) in [6.45, 7) is 4.21. The summed E-state index contributed by atoms with van der Waals surface area (Å²) in [5.41, 5.74) is 2.37. The molecule has 0 aliphatic carbocycles. The van der Waals surface area contributed by atoms with Gasteiger partial charge in [0.05, 0.1) is 11.6 Å². The molecular weight excluding hydrogens is 298 g/mol. The van der Waals surface area contributed by atoms with Crippen LogP contribution in [0.5, 0.6) is 0 Å². The Hall–Kier alpha value is -1.49. The minimum Gasteiger partial charge on any atom is -0.391 e. The van der Waals surface area contributed by atoms with Crippen molar-refractivity contribution < 1.29 is 5.11 Å². The van der Waals surface area contributed by atoms with Crippen LogP contribution < -0.4 is 0 Å². The zero-order valence-corrected chi connectivity index (χ0v) is 14.4. The van der Waals surface area contributed by atoms with Crippen LogP contribution in [-0.4, -0.2) is 65.3 Å². The number of hydrogen-bond donors (Lipinski definition) is 1. The fourth-order valence-electron chi connectivity index (χ4n) is 4.36. The molecule has 2 fully saturated rings. The van der Waals surface area contributed by atoms with E-state index in [1.165, 1.54) is 36.9 Å². The summed E-state index contributed by atoms with van der Waals surface area (Å²) in [5.74, 6) is 0.329. The third kappa shape index (κ3) is 3.18. The second-order valence-corrected chi connectivity index (χ2v) is 7.51. The predicted molar refractivity (Wildman–Crippen MR) is 97.0 cm³/mol. The number of pyridine rings is 1. The van der Waals surface area contributed by atoms with Gasteiger partial charge in [0.2, 0.25) is 0 Å². The zero-order valence-electron chi connectivity index (χ0n) is 14.4. The SMILES string of the molecule is CN1CCC(N2C[C@@H](Cc3ccnc4ccccc34)[C@H](O)C2)CC1. The summed E-state index contributed by atoms with van der Waals surface area (Å²) in [6, 6.07) is 11.1. The Morgan fingerprint density at radius 2 is 1.92 bits per heavy atom. The molecule has 2 saturated heterocycles. The Morgan fingerprint density at radius 3 is 2.75 bits per heavy atom. The number of rotatable bonds is 3. The van der Waals surface area contributed by atoms with Crippen LogP contribution in [0.3, 0.4) is 0 Å². The van der Waals surface area contributed by atoms with Crippen LogP contribution in [0.4, 0.5) is 0 Å². The van der Waals surface area contributed by atoms with Crippen LogP contribution in [0.1, 0.15) is 18.4 Å². The lowest BCUT2D eigenvalue weighted by Gasteiger charge is -2.35. The van der Waals surface area contributed by atoms with Crippen molar-refractivity contribution in [2.24, 2.45) is 5.92 Å². The number of piperidine rings is 1. The van der Waals surface area contributed by atoms with Crippen molar-refractivity contribution >= 4 is 10.9 Å². The topological polar surface area (TPSA) is 39.6 Å². The van der Waals surface area contributed by atoms with Crippen molar-refractivity contribution in [3.63, 3.8) is 0 Å². The molecule has 1 aromatic heterocycles.